The van der Waals surface area contributed by atoms with E-state index in [9.17, 15) is 0 Å². The lowest BCUT2D eigenvalue weighted by Crippen LogP contribution is -1.91. The average molecular weight is 853 g/mol. The Bertz CT molecular complexity index is 4460. The molecule has 3 heterocycles. The third kappa shape index (κ3) is 5.22. The smallest absolute Gasteiger partial charge is 0.143 e. The molecule has 67 heavy (non-hydrogen) atoms. The summed E-state index contributed by atoms with van der Waals surface area (Å²) >= 11 is 0. The molecule has 0 aliphatic rings. The predicted molar refractivity (Wildman–Crippen MR) is 280 cm³/mol. The topological polar surface area (TPSA) is 39.4 Å². The number of hydrogen-bond donors (Lipinski definition) is 0. The van der Waals surface area contributed by atoms with E-state index in [0.29, 0.717) is 0 Å². The molecule has 0 radical (unpaired) electrons. The molecule has 0 unspecified atom stereocenters. The van der Waals surface area contributed by atoms with E-state index in [1.165, 1.54) is 59.8 Å². The van der Waals surface area contributed by atoms with Gasteiger partial charge in [-0.25, -0.2) is 0 Å². The Morgan fingerprint density at radius 3 is 0.896 bits per heavy atom. The first-order valence-corrected chi connectivity index (χ1v) is 22.9. The van der Waals surface area contributed by atoms with Crippen molar-refractivity contribution in [1.82, 2.24) is 0 Å². The highest BCUT2D eigenvalue weighted by atomic mass is 16.3. The van der Waals surface area contributed by atoms with Crippen molar-refractivity contribution in [2.24, 2.45) is 0 Å². The molecule has 0 atom stereocenters. The standard InChI is InChI=1S/C64H36O3/c1-3-18-47-45(16-1)60(37-28-31-42-40-14-9-11-26-55(40)65-57(42)34-37)46-17-2-4-19-48(46)61(47)39-30-33-44-53-24-13-25-54(64(53)67-59(44)36-39)63-51-22-7-5-20-49(51)62(50-21-6-8-23-52(50)63)38-29-32-43-41-15-10-12-27-56(41)66-58(43)35-38/h1-36H. The van der Waals surface area contributed by atoms with Crippen LogP contribution in [-0.4, -0.2) is 0 Å². The molecule has 0 N–H and O–H groups in total. The second kappa shape index (κ2) is 13.8. The molecule has 0 aliphatic carbocycles. The van der Waals surface area contributed by atoms with Crippen LogP contribution in [0.25, 0.3) is 153 Å². The summed E-state index contributed by atoms with van der Waals surface area (Å²) in [5, 5.41) is 16.2. The van der Waals surface area contributed by atoms with Crippen LogP contribution >= 0.6 is 0 Å². The summed E-state index contributed by atoms with van der Waals surface area (Å²) < 4.78 is 20.0. The molecule has 310 valence electrons. The number of fused-ring (bicyclic) bond motifs is 13. The minimum Gasteiger partial charge on any atom is -0.456 e. The van der Waals surface area contributed by atoms with Gasteiger partial charge in [0.05, 0.1) is 0 Å². The highest BCUT2D eigenvalue weighted by Gasteiger charge is 2.23. The summed E-state index contributed by atoms with van der Waals surface area (Å²) in [6.07, 6.45) is 0. The van der Waals surface area contributed by atoms with E-state index >= 15 is 0 Å². The number of rotatable bonds is 4. The Morgan fingerprint density at radius 2 is 0.493 bits per heavy atom. The van der Waals surface area contributed by atoms with Gasteiger partial charge < -0.3 is 13.3 Å². The Kier molecular flexibility index (Phi) is 7.50. The van der Waals surface area contributed by atoms with E-state index < -0.39 is 0 Å². The SMILES string of the molecule is c1ccc2c(c1)oc1cc(-c3c4ccccc4c(-c4ccc5c(c4)oc4c(-c6c7ccccc7c(-c7ccc8c(c7)oc7ccccc78)c7ccccc67)cccc45)c4ccccc34)ccc12. The Balaban J connectivity index is 0.925. The highest BCUT2D eigenvalue weighted by Crippen LogP contribution is 2.49. The lowest BCUT2D eigenvalue weighted by Gasteiger charge is -2.17. The Morgan fingerprint density at radius 1 is 0.194 bits per heavy atom. The molecule has 15 aromatic rings. The number of hydrogen-bond acceptors (Lipinski definition) is 3. The fraction of sp³-hybridized carbons (Fsp3) is 0. The van der Waals surface area contributed by atoms with Gasteiger partial charge in [-0.15, -0.1) is 0 Å². The monoisotopic (exact) mass is 852 g/mol. The maximum Gasteiger partial charge on any atom is 0.143 e. The normalized spacial score (nSPS) is 12.2. The third-order valence-corrected chi connectivity index (χ3v) is 14.3. The zero-order valence-electron chi connectivity index (χ0n) is 36.0. The van der Waals surface area contributed by atoms with Crippen LogP contribution in [0, 0.1) is 0 Å². The first-order chi connectivity index (χ1) is 33.2. The van der Waals surface area contributed by atoms with Crippen LogP contribution in [0.4, 0.5) is 0 Å². The van der Waals surface area contributed by atoms with Crippen LogP contribution in [-0.2, 0) is 0 Å². The Labute approximate surface area is 383 Å². The second-order valence-electron chi connectivity index (χ2n) is 17.8. The van der Waals surface area contributed by atoms with Gasteiger partial charge in [0, 0.05) is 43.4 Å². The van der Waals surface area contributed by atoms with Crippen LogP contribution in [0.15, 0.2) is 232 Å². The first kappa shape index (κ1) is 36.4. The van der Waals surface area contributed by atoms with Crippen molar-refractivity contribution in [3.8, 4) is 44.5 Å². The number of para-hydroxylation sites is 3. The van der Waals surface area contributed by atoms with Crippen molar-refractivity contribution in [2.75, 3.05) is 0 Å². The molecule has 3 aromatic heterocycles. The molecule has 0 aliphatic heterocycles. The highest BCUT2D eigenvalue weighted by molar-refractivity contribution is 6.26. The molecule has 0 amide bonds. The quantitative estimate of drug-likeness (QED) is 0.166. The lowest BCUT2D eigenvalue weighted by molar-refractivity contribution is 0.668. The van der Waals surface area contributed by atoms with Crippen molar-refractivity contribution in [1.29, 1.82) is 0 Å². The lowest BCUT2D eigenvalue weighted by atomic mass is 9.85. The summed E-state index contributed by atoms with van der Waals surface area (Å²) in [7, 11) is 0. The average Bonchev–Trinajstić information content (AvgIpc) is 4.07. The molecule has 0 bridgehead atoms. The molecule has 0 fully saturated rings. The summed E-state index contributed by atoms with van der Waals surface area (Å²) in [5.41, 5.74) is 14.5. The van der Waals surface area contributed by atoms with Gasteiger partial charge in [-0.3, -0.25) is 0 Å². The predicted octanol–water partition coefficient (Wildman–Crippen LogP) is 18.7. The first-order valence-electron chi connectivity index (χ1n) is 22.9. The van der Waals surface area contributed by atoms with E-state index in [1.54, 1.807) is 0 Å². The molecule has 0 saturated carbocycles. The van der Waals surface area contributed by atoms with Crippen LogP contribution in [0.5, 0.6) is 0 Å². The maximum absolute atomic E-state index is 7.15. The largest absolute Gasteiger partial charge is 0.456 e. The van der Waals surface area contributed by atoms with Crippen LogP contribution in [0.2, 0.25) is 0 Å². The molecular weight excluding hydrogens is 817 g/mol. The van der Waals surface area contributed by atoms with Gasteiger partial charge in [0.25, 0.3) is 0 Å². The molecular formula is C64H36O3. The molecule has 12 aromatic carbocycles. The minimum atomic E-state index is 0.858. The van der Waals surface area contributed by atoms with Gasteiger partial charge in [0.1, 0.15) is 33.5 Å². The molecule has 0 spiro atoms. The second-order valence-corrected chi connectivity index (χ2v) is 17.8. The summed E-state index contributed by atoms with van der Waals surface area (Å²) in [6, 6.07) is 78.5. The van der Waals surface area contributed by atoms with E-state index in [0.717, 1.165) is 93.6 Å². The van der Waals surface area contributed by atoms with E-state index in [2.05, 4.69) is 194 Å². The third-order valence-electron chi connectivity index (χ3n) is 14.3. The van der Waals surface area contributed by atoms with E-state index in [4.69, 9.17) is 13.3 Å². The fourth-order valence-corrected chi connectivity index (χ4v) is 11.4. The van der Waals surface area contributed by atoms with Crippen LogP contribution < -0.4 is 0 Å². The summed E-state index contributed by atoms with van der Waals surface area (Å²) in [4.78, 5) is 0. The molecule has 15 rings (SSSR count). The zero-order valence-corrected chi connectivity index (χ0v) is 36.0. The molecule has 3 nitrogen and oxygen atoms in total. The van der Waals surface area contributed by atoms with Gasteiger partial charge in [-0.1, -0.05) is 170 Å². The summed E-state index contributed by atoms with van der Waals surface area (Å²) in [5.74, 6) is 0. The summed E-state index contributed by atoms with van der Waals surface area (Å²) in [6.45, 7) is 0. The zero-order chi connectivity index (χ0) is 43.7. The minimum absolute atomic E-state index is 0.858. The van der Waals surface area contributed by atoms with Crippen molar-refractivity contribution in [3.63, 3.8) is 0 Å². The van der Waals surface area contributed by atoms with E-state index in [-0.39, 0.29) is 0 Å². The van der Waals surface area contributed by atoms with E-state index in [1.807, 2.05) is 24.3 Å². The number of benzene rings is 12. The van der Waals surface area contributed by atoms with Gasteiger partial charge in [0.2, 0.25) is 0 Å². The van der Waals surface area contributed by atoms with Crippen molar-refractivity contribution >= 4 is 109 Å². The molecule has 3 heteroatoms. The van der Waals surface area contributed by atoms with Crippen molar-refractivity contribution in [2.45, 2.75) is 0 Å². The van der Waals surface area contributed by atoms with Gasteiger partial charge >= 0.3 is 0 Å². The van der Waals surface area contributed by atoms with Gasteiger partial charge in [-0.2, -0.15) is 0 Å². The van der Waals surface area contributed by atoms with Crippen LogP contribution in [0.1, 0.15) is 0 Å². The molecule has 0 saturated heterocycles. The van der Waals surface area contributed by atoms with Gasteiger partial charge in [0.15, 0.2) is 0 Å². The van der Waals surface area contributed by atoms with Gasteiger partial charge in [-0.05, 0) is 125 Å². The maximum atomic E-state index is 7.15. The number of furan rings is 3. The van der Waals surface area contributed by atoms with Crippen LogP contribution in [0.3, 0.4) is 0 Å². The van der Waals surface area contributed by atoms with Crippen molar-refractivity contribution < 1.29 is 13.3 Å². The van der Waals surface area contributed by atoms with Crippen molar-refractivity contribution in [3.05, 3.63) is 218 Å². The Hall–Kier alpha value is -8.92. The fourth-order valence-electron chi connectivity index (χ4n) is 11.4.